The average molecular weight is 315 g/mol. The van der Waals surface area contributed by atoms with Crippen LogP contribution in [0.3, 0.4) is 0 Å². The van der Waals surface area contributed by atoms with Crippen molar-refractivity contribution in [1.82, 2.24) is 20.2 Å². The van der Waals surface area contributed by atoms with Crippen molar-refractivity contribution in [1.29, 1.82) is 0 Å². The van der Waals surface area contributed by atoms with E-state index in [0.29, 0.717) is 5.95 Å². The molecule has 1 fully saturated rings. The highest BCUT2D eigenvalue weighted by Gasteiger charge is 2.24. The van der Waals surface area contributed by atoms with Crippen LogP contribution in [0.5, 0.6) is 0 Å². The Balaban J connectivity index is 1.80. The maximum absolute atomic E-state index is 13.6. The van der Waals surface area contributed by atoms with Crippen LogP contribution in [0.25, 0.3) is 0 Å². The molecule has 1 aliphatic rings. The molecule has 0 radical (unpaired) electrons. The van der Waals surface area contributed by atoms with Gasteiger partial charge in [-0.2, -0.15) is 0 Å². The molecule has 1 N–H and O–H groups in total. The Morgan fingerprint density at radius 2 is 2.22 bits per heavy atom. The van der Waals surface area contributed by atoms with Crippen molar-refractivity contribution in [3.05, 3.63) is 53.6 Å². The second kappa shape index (κ2) is 7.02. The highest BCUT2D eigenvalue weighted by Crippen LogP contribution is 2.24. The smallest absolute Gasteiger partial charge is 0.225 e. The van der Waals surface area contributed by atoms with Crippen LogP contribution in [-0.2, 0) is 6.54 Å². The van der Waals surface area contributed by atoms with Crippen LogP contribution < -0.4 is 10.2 Å². The van der Waals surface area contributed by atoms with Crippen LogP contribution in [0.15, 0.2) is 36.5 Å². The van der Waals surface area contributed by atoms with Gasteiger partial charge in [-0.15, -0.1) is 0 Å². The van der Waals surface area contributed by atoms with Gasteiger partial charge in [-0.05, 0) is 23.8 Å². The Labute approximate surface area is 136 Å². The molecular formula is C17H22FN5. The van der Waals surface area contributed by atoms with Crippen molar-refractivity contribution in [3.8, 4) is 0 Å². The van der Waals surface area contributed by atoms with Gasteiger partial charge in [-0.1, -0.05) is 12.1 Å². The Hall–Kier alpha value is -2.05. The van der Waals surface area contributed by atoms with E-state index >= 15 is 0 Å². The molecule has 1 aromatic heterocycles. The molecule has 0 spiro atoms. The van der Waals surface area contributed by atoms with E-state index in [1.807, 2.05) is 31.1 Å². The molecule has 1 saturated heterocycles. The maximum Gasteiger partial charge on any atom is 0.225 e. The zero-order chi connectivity index (χ0) is 16.2. The molecule has 3 rings (SSSR count). The van der Waals surface area contributed by atoms with E-state index in [1.165, 1.54) is 6.07 Å². The lowest BCUT2D eigenvalue weighted by Crippen LogP contribution is -2.45. The lowest BCUT2D eigenvalue weighted by Gasteiger charge is -2.36. The van der Waals surface area contributed by atoms with Gasteiger partial charge in [-0.25, -0.2) is 14.4 Å². The van der Waals surface area contributed by atoms with Crippen molar-refractivity contribution < 1.29 is 4.39 Å². The summed E-state index contributed by atoms with van der Waals surface area (Å²) in [5.41, 5.74) is 1.98. The number of piperazine rings is 1. The minimum atomic E-state index is -0.190. The third-order valence-corrected chi connectivity index (χ3v) is 4.05. The summed E-state index contributed by atoms with van der Waals surface area (Å²) in [5.74, 6) is 0.518. The molecule has 1 atom stereocenters. The minimum absolute atomic E-state index is 0.150. The van der Waals surface area contributed by atoms with E-state index in [2.05, 4.69) is 20.2 Å². The van der Waals surface area contributed by atoms with E-state index in [-0.39, 0.29) is 11.9 Å². The minimum Gasteiger partial charge on any atom is -0.347 e. The number of rotatable bonds is 4. The molecule has 2 heterocycles. The van der Waals surface area contributed by atoms with Crippen LogP contribution in [0.1, 0.15) is 17.3 Å². The molecule has 0 saturated carbocycles. The first-order chi connectivity index (χ1) is 11.1. The summed E-state index contributed by atoms with van der Waals surface area (Å²) >= 11 is 0. The summed E-state index contributed by atoms with van der Waals surface area (Å²) in [6, 6.07) is 8.95. The Kier molecular flexibility index (Phi) is 4.83. The van der Waals surface area contributed by atoms with E-state index in [9.17, 15) is 4.39 Å². The largest absolute Gasteiger partial charge is 0.347 e. The van der Waals surface area contributed by atoms with Crippen LogP contribution in [-0.4, -0.2) is 48.6 Å². The quantitative estimate of drug-likeness (QED) is 0.932. The summed E-state index contributed by atoms with van der Waals surface area (Å²) in [6.45, 7) is 3.38. The molecule has 2 aromatic rings. The van der Waals surface area contributed by atoms with Crippen LogP contribution in [0.2, 0.25) is 0 Å². The van der Waals surface area contributed by atoms with E-state index in [1.54, 1.807) is 18.3 Å². The first-order valence-corrected chi connectivity index (χ1v) is 7.83. The summed E-state index contributed by atoms with van der Waals surface area (Å²) in [5, 5.41) is 3.39. The standard InChI is InChI=1S/C17H22FN5/c1-22(2)17-20-7-6-15(21-17)12-23-9-8-19-11-16(23)13-4-3-5-14(18)10-13/h3-7,10,16,19H,8-9,11-12H2,1-2H3. The molecule has 122 valence electrons. The number of nitrogens with zero attached hydrogens (tertiary/aromatic N) is 4. The molecule has 0 amide bonds. The van der Waals surface area contributed by atoms with Crippen molar-refractivity contribution >= 4 is 5.95 Å². The topological polar surface area (TPSA) is 44.3 Å². The van der Waals surface area contributed by atoms with Crippen molar-refractivity contribution in [2.24, 2.45) is 0 Å². The molecule has 23 heavy (non-hydrogen) atoms. The van der Waals surface area contributed by atoms with Gasteiger partial charge >= 0.3 is 0 Å². The number of hydrogen-bond donors (Lipinski definition) is 1. The first-order valence-electron chi connectivity index (χ1n) is 7.83. The summed E-state index contributed by atoms with van der Waals surface area (Å²) in [4.78, 5) is 13.1. The third kappa shape index (κ3) is 3.83. The monoisotopic (exact) mass is 315 g/mol. The lowest BCUT2D eigenvalue weighted by atomic mass is 10.0. The van der Waals surface area contributed by atoms with Crippen molar-refractivity contribution in [3.63, 3.8) is 0 Å². The van der Waals surface area contributed by atoms with Crippen LogP contribution in [0.4, 0.5) is 10.3 Å². The number of aromatic nitrogens is 2. The highest BCUT2D eigenvalue weighted by molar-refractivity contribution is 5.27. The van der Waals surface area contributed by atoms with E-state index < -0.39 is 0 Å². The molecule has 1 aliphatic heterocycles. The zero-order valence-corrected chi connectivity index (χ0v) is 13.5. The van der Waals surface area contributed by atoms with Gasteiger partial charge in [0.25, 0.3) is 0 Å². The van der Waals surface area contributed by atoms with Gasteiger partial charge in [-0.3, -0.25) is 4.90 Å². The SMILES string of the molecule is CN(C)c1nccc(CN2CCNCC2c2cccc(F)c2)n1. The Morgan fingerprint density at radius 1 is 1.35 bits per heavy atom. The summed E-state index contributed by atoms with van der Waals surface area (Å²) in [7, 11) is 3.86. The number of benzene rings is 1. The third-order valence-electron chi connectivity index (χ3n) is 4.05. The van der Waals surface area contributed by atoms with Crippen molar-refractivity contribution in [2.75, 3.05) is 38.6 Å². The average Bonchev–Trinajstić information content (AvgIpc) is 2.55. The molecule has 1 aromatic carbocycles. The highest BCUT2D eigenvalue weighted by atomic mass is 19.1. The number of hydrogen-bond acceptors (Lipinski definition) is 5. The fourth-order valence-corrected chi connectivity index (χ4v) is 2.87. The Morgan fingerprint density at radius 3 is 3.00 bits per heavy atom. The lowest BCUT2D eigenvalue weighted by molar-refractivity contribution is 0.151. The van der Waals surface area contributed by atoms with Gasteiger partial charge in [0.1, 0.15) is 5.82 Å². The van der Waals surface area contributed by atoms with Gasteiger partial charge < -0.3 is 10.2 Å². The first kappa shape index (κ1) is 15.8. The van der Waals surface area contributed by atoms with Crippen LogP contribution in [0, 0.1) is 5.82 Å². The molecule has 0 aliphatic carbocycles. The number of nitrogens with one attached hydrogen (secondary N) is 1. The number of halogens is 1. The maximum atomic E-state index is 13.6. The fourth-order valence-electron chi connectivity index (χ4n) is 2.87. The van der Waals surface area contributed by atoms with Crippen LogP contribution >= 0.6 is 0 Å². The van der Waals surface area contributed by atoms with Crippen molar-refractivity contribution in [2.45, 2.75) is 12.6 Å². The molecule has 1 unspecified atom stereocenters. The number of anilines is 1. The van der Waals surface area contributed by atoms with Gasteiger partial charge in [0, 0.05) is 52.5 Å². The van der Waals surface area contributed by atoms with Gasteiger partial charge in [0.05, 0.1) is 5.69 Å². The molecule has 0 bridgehead atoms. The van der Waals surface area contributed by atoms with E-state index in [4.69, 9.17) is 0 Å². The van der Waals surface area contributed by atoms with E-state index in [0.717, 1.165) is 37.4 Å². The Bertz CT molecular complexity index is 661. The fraction of sp³-hybridized carbons (Fsp3) is 0.412. The normalized spacial score (nSPS) is 18.8. The summed E-state index contributed by atoms with van der Waals surface area (Å²) < 4.78 is 13.6. The predicted octanol–water partition coefficient (Wildman–Crippen LogP) is 1.83. The second-order valence-electron chi connectivity index (χ2n) is 5.99. The zero-order valence-electron chi connectivity index (χ0n) is 13.5. The second-order valence-corrected chi connectivity index (χ2v) is 5.99. The van der Waals surface area contributed by atoms with Gasteiger partial charge in [0.2, 0.25) is 5.95 Å². The summed E-state index contributed by atoms with van der Waals surface area (Å²) in [6.07, 6.45) is 1.79. The van der Waals surface area contributed by atoms with Gasteiger partial charge in [0.15, 0.2) is 0 Å². The molecule has 5 nitrogen and oxygen atoms in total. The predicted molar refractivity (Wildman–Crippen MR) is 88.8 cm³/mol. The molecule has 6 heteroatoms. The molecular weight excluding hydrogens is 293 g/mol.